The van der Waals surface area contributed by atoms with Gasteiger partial charge < -0.3 is 0 Å². The predicted octanol–water partition coefficient (Wildman–Crippen LogP) is 2.37. The Hall–Kier alpha value is -1.78. The summed E-state index contributed by atoms with van der Waals surface area (Å²) in [6.45, 7) is 5.84. The van der Waals surface area contributed by atoms with Gasteiger partial charge in [-0.15, -0.1) is 5.10 Å². The fraction of sp³-hybridized carbons (Fsp3) is 0.364. The van der Waals surface area contributed by atoms with Crippen molar-refractivity contribution in [3.8, 4) is 11.3 Å². The molecule has 0 atom stereocenters. The monoisotopic (exact) mass is 220 g/mol. The van der Waals surface area contributed by atoms with Crippen molar-refractivity contribution in [2.24, 2.45) is 0 Å². The summed E-state index contributed by atoms with van der Waals surface area (Å²) < 4.78 is 15.2. The zero-order valence-electron chi connectivity index (χ0n) is 9.48. The molecule has 0 aromatic carbocycles. The number of halogens is 1. The molecule has 2 aromatic heterocycles. The van der Waals surface area contributed by atoms with Crippen molar-refractivity contribution in [1.29, 1.82) is 0 Å². The standard InChI is InChI=1S/C11H13FN4/c1-7(2)16-6-10(14-15-16)9-4-8(3)5-13-11(9)12/h4-7H,1-3H3. The average molecular weight is 220 g/mol. The van der Waals surface area contributed by atoms with Crippen LogP contribution in [-0.4, -0.2) is 20.0 Å². The van der Waals surface area contributed by atoms with Crippen molar-refractivity contribution in [3.05, 3.63) is 30.0 Å². The molecule has 0 aliphatic heterocycles. The van der Waals surface area contributed by atoms with E-state index < -0.39 is 5.95 Å². The maximum Gasteiger partial charge on any atom is 0.222 e. The van der Waals surface area contributed by atoms with Crippen LogP contribution < -0.4 is 0 Å². The first-order valence-corrected chi connectivity index (χ1v) is 5.12. The van der Waals surface area contributed by atoms with Gasteiger partial charge in [-0.05, 0) is 32.4 Å². The van der Waals surface area contributed by atoms with Crippen LogP contribution in [0.3, 0.4) is 0 Å². The molecule has 0 amide bonds. The van der Waals surface area contributed by atoms with Gasteiger partial charge in [0.15, 0.2) is 0 Å². The second-order valence-electron chi connectivity index (χ2n) is 4.03. The molecule has 16 heavy (non-hydrogen) atoms. The van der Waals surface area contributed by atoms with Gasteiger partial charge >= 0.3 is 0 Å². The zero-order chi connectivity index (χ0) is 11.7. The summed E-state index contributed by atoms with van der Waals surface area (Å²) in [4.78, 5) is 3.67. The van der Waals surface area contributed by atoms with Gasteiger partial charge in [0.25, 0.3) is 0 Å². The van der Waals surface area contributed by atoms with Gasteiger partial charge in [-0.25, -0.2) is 9.67 Å². The van der Waals surface area contributed by atoms with Crippen molar-refractivity contribution in [3.63, 3.8) is 0 Å². The van der Waals surface area contributed by atoms with E-state index in [1.54, 1.807) is 16.9 Å². The summed E-state index contributed by atoms with van der Waals surface area (Å²) in [6.07, 6.45) is 3.22. The lowest BCUT2D eigenvalue weighted by Crippen LogP contribution is -2.00. The second kappa shape index (κ2) is 4.00. The van der Waals surface area contributed by atoms with Crippen LogP contribution in [0.15, 0.2) is 18.5 Å². The quantitative estimate of drug-likeness (QED) is 0.730. The molecule has 0 N–H and O–H groups in total. The van der Waals surface area contributed by atoms with Crippen LogP contribution in [0.25, 0.3) is 11.3 Å². The lowest BCUT2D eigenvalue weighted by Gasteiger charge is -2.01. The highest BCUT2D eigenvalue weighted by Crippen LogP contribution is 2.20. The third kappa shape index (κ3) is 1.93. The Morgan fingerprint density at radius 2 is 2.12 bits per heavy atom. The molecule has 5 heteroatoms. The molecule has 0 unspecified atom stereocenters. The largest absolute Gasteiger partial charge is 0.249 e. The molecular weight excluding hydrogens is 207 g/mol. The number of rotatable bonds is 2. The van der Waals surface area contributed by atoms with Gasteiger partial charge in [-0.2, -0.15) is 4.39 Å². The van der Waals surface area contributed by atoms with E-state index in [9.17, 15) is 4.39 Å². The Morgan fingerprint density at radius 3 is 2.75 bits per heavy atom. The van der Waals surface area contributed by atoms with Crippen molar-refractivity contribution in [2.75, 3.05) is 0 Å². The maximum atomic E-state index is 13.5. The fourth-order valence-corrected chi connectivity index (χ4v) is 1.38. The van der Waals surface area contributed by atoms with Crippen molar-refractivity contribution >= 4 is 0 Å². The molecule has 0 bridgehead atoms. The Labute approximate surface area is 93.1 Å². The fourth-order valence-electron chi connectivity index (χ4n) is 1.38. The number of nitrogens with zero attached hydrogens (tertiary/aromatic N) is 4. The van der Waals surface area contributed by atoms with Crippen molar-refractivity contribution < 1.29 is 4.39 Å². The molecule has 2 rings (SSSR count). The molecule has 0 fully saturated rings. The third-order valence-electron chi connectivity index (χ3n) is 2.29. The van der Waals surface area contributed by atoms with E-state index in [1.807, 2.05) is 20.8 Å². The number of pyridine rings is 1. The second-order valence-corrected chi connectivity index (χ2v) is 4.03. The van der Waals surface area contributed by atoms with Gasteiger partial charge in [0.1, 0.15) is 5.69 Å². The van der Waals surface area contributed by atoms with E-state index in [1.165, 1.54) is 6.20 Å². The average Bonchev–Trinajstić information content (AvgIpc) is 2.70. The molecule has 0 saturated carbocycles. The summed E-state index contributed by atoms with van der Waals surface area (Å²) in [7, 11) is 0. The van der Waals surface area contributed by atoms with Crippen molar-refractivity contribution in [2.45, 2.75) is 26.8 Å². The van der Waals surface area contributed by atoms with Crippen LogP contribution in [-0.2, 0) is 0 Å². The van der Waals surface area contributed by atoms with Gasteiger partial charge in [-0.1, -0.05) is 5.21 Å². The smallest absolute Gasteiger partial charge is 0.222 e. The lowest BCUT2D eigenvalue weighted by molar-refractivity contribution is 0.514. The summed E-state index contributed by atoms with van der Waals surface area (Å²) in [5, 5.41) is 7.88. The molecule has 0 aliphatic carbocycles. The van der Waals surface area contributed by atoms with Crippen LogP contribution in [0.4, 0.5) is 4.39 Å². The molecule has 0 saturated heterocycles. The van der Waals surface area contributed by atoms with E-state index in [0.29, 0.717) is 11.3 Å². The Kier molecular flexibility index (Phi) is 2.68. The molecule has 4 nitrogen and oxygen atoms in total. The highest BCUT2D eigenvalue weighted by atomic mass is 19.1. The molecule has 84 valence electrons. The van der Waals surface area contributed by atoms with E-state index >= 15 is 0 Å². The normalized spacial score (nSPS) is 11.1. The molecule has 2 aromatic rings. The van der Waals surface area contributed by atoms with E-state index in [-0.39, 0.29) is 6.04 Å². The van der Waals surface area contributed by atoms with Gasteiger partial charge in [-0.3, -0.25) is 0 Å². The lowest BCUT2D eigenvalue weighted by atomic mass is 10.2. The topological polar surface area (TPSA) is 43.6 Å². The minimum atomic E-state index is -0.513. The minimum absolute atomic E-state index is 0.210. The summed E-state index contributed by atoms with van der Waals surface area (Å²) in [5.74, 6) is -0.513. The summed E-state index contributed by atoms with van der Waals surface area (Å²) in [5.41, 5.74) is 1.81. The molecular formula is C11H13FN4. The van der Waals surface area contributed by atoms with Crippen LogP contribution in [0, 0.1) is 12.9 Å². The van der Waals surface area contributed by atoms with Crippen LogP contribution in [0.1, 0.15) is 25.5 Å². The number of hydrogen-bond donors (Lipinski definition) is 0. The predicted molar refractivity (Wildman–Crippen MR) is 58.3 cm³/mol. The van der Waals surface area contributed by atoms with Crippen LogP contribution in [0.5, 0.6) is 0 Å². The number of aryl methyl sites for hydroxylation is 1. The number of aromatic nitrogens is 4. The molecule has 0 aliphatic rings. The third-order valence-corrected chi connectivity index (χ3v) is 2.29. The first-order chi connectivity index (χ1) is 7.58. The van der Waals surface area contributed by atoms with E-state index in [4.69, 9.17) is 0 Å². The van der Waals surface area contributed by atoms with Gasteiger partial charge in [0.2, 0.25) is 5.95 Å². The Balaban J connectivity index is 2.46. The van der Waals surface area contributed by atoms with E-state index in [2.05, 4.69) is 15.3 Å². The van der Waals surface area contributed by atoms with Crippen LogP contribution >= 0.6 is 0 Å². The van der Waals surface area contributed by atoms with Gasteiger partial charge in [0, 0.05) is 12.2 Å². The van der Waals surface area contributed by atoms with Crippen LogP contribution in [0.2, 0.25) is 0 Å². The molecule has 0 radical (unpaired) electrons. The minimum Gasteiger partial charge on any atom is -0.249 e. The summed E-state index contributed by atoms with van der Waals surface area (Å²) >= 11 is 0. The Bertz CT molecular complexity index is 504. The maximum absolute atomic E-state index is 13.5. The Morgan fingerprint density at radius 1 is 1.38 bits per heavy atom. The highest BCUT2D eigenvalue weighted by molar-refractivity contribution is 5.57. The SMILES string of the molecule is Cc1cnc(F)c(-c2cn(C(C)C)nn2)c1. The van der Waals surface area contributed by atoms with E-state index in [0.717, 1.165) is 5.56 Å². The van der Waals surface area contributed by atoms with Crippen molar-refractivity contribution in [1.82, 2.24) is 20.0 Å². The number of hydrogen-bond acceptors (Lipinski definition) is 3. The zero-order valence-corrected chi connectivity index (χ0v) is 9.48. The first kappa shape index (κ1) is 10.7. The highest BCUT2D eigenvalue weighted by Gasteiger charge is 2.11. The molecule has 0 spiro atoms. The van der Waals surface area contributed by atoms with Gasteiger partial charge in [0.05, 0.1) is 11.8 Å². The molecule has 2 heterocycles. The summed E-state index contributed by atoms with van der Waals surface area (Å²) in [6, 6.07) is 1.93. The first-order valence-electron chi connectivity index (χ1n) is 5.12.